The van der Waals surface area contributed by atoms with Gasteiger partial charge < -0.3 is 0 Å². The Morgan fingerprint density at radius 1 is 1.07 bits per heavy atom. The van der Waals surface area contributed by atoms with Crippen LogP contribution in [-0.2, 0) is 5.41 Å². The van der Waals surface area contributed by atoms with Gasteiger partial charge in [-0.1, -0.05) is 26.8 Å². The Kier molecular flexibility index (Phi) is 2.26. The molecule has 0 aliphatic rings. The van der Waals surface area contributed by atoms with Crippen LogP contribution in [0.4, 0.5) is 0 Å². The van der Waals surface area contributed by atoms with Crippen LogP contribution < -0.4 is 0 Å². The third kappa shape index (κ3) is 2.03. The summed E-state index contributed by atoms with van der Waals surface area (Å²) in [7, 11) is 0. The second-order valence-corrected chi connectivity index (χ2v) is 4.45. The molecular formula is C11H14N4. The van der Waals surface area contributed by atoms with Crippen LogP contribution >= 0.6 is 0 Å². The van der Waals surface area contributed by atoms with Gasteiger partial charge in [0.15, 0.2) is 5.82 Å². The zero-order valence-electron chi connectivity index (χ0n) is 9.18. The van der Waals surface area contributed by atoms with Gasteiger partial charge in [-0.25, -0.2) is 4.98 Å². The summed E-state index contributed by atoms with van der Waals surface area (Å²) in [5.74, 6) is 0.757. The Hall–Kier alpha value is -1.71. The van der Waals surface area contributed by atoms with Crippen molar-refractivity contribution in [3.63, 3.8) is 0 Å². The first-order valence-corrected chi connectivity index (χ1v) is 4.91. The third-order valence-corrected chi connectivity index (χ3v) is 2.13. The molecule has 0 aliphatic heterocycles. The van der Waals surface area contributed by atoms with Crippen molar-refractivity contribution in [2.75, 3.05) is 0 Å². The smallest absolute Gasteiger partial charge is 0.174 e. The third-order valence-electron chi connectivity index (χ3n) is 2.13. The minimum Gasteiger partial charge on any atom is -0.232 e. The molecular weight excluding hydrogens is 188 g/mol. The van der Waals surface area contributed by atoms with E-state index in [1.54, 1.807) is 12.4 Å². The van der Waals surface area contributed by atoms with Crippen LogP contribution in [0.15, 0.2) is 30.6 Å². The van der Waals surface area contributed by atoms with Gasteiger partial charge in [-0.15, -0.1) is 4.80 Å². The van der Waals surface area contributed by atoms with E-state index in [0.29, 0.717) is 0 Å². The van der Waals surface area contributed by atoms with Crippen molar-refractivity contribution in [3.8, 4) is 5.82 Å². The van der Waals surface area contributed by atoms with Gasteiger partial charge in [-0.2, -0.15) is 10.2 Å². The van der Waals surface area contributed by atoms with Crippen LogP contribution in [0.25, 0.3) is 5.82 Å². The van der Waals surface area contributed by atoms with E-state index in [1.807, 2.05) is 18.2 Å². The van der Waals surface area contributed by atoms with Crippen LogP contribution in [-0.4, -0.2) is 20.0 Å². The number of hydrogen-bond acceptors (Lipinski definition) is 3. The van der Waals surface area contributed by atoms with Gasteiger partial charge in [0.1, 0.15) is 0 Å². The molecule has 4 nitrogen and oxygen atoms in total. The van der Waals surface area contributed by atoms with Crippen LogP contribution in [0.5, 0.6) is 0 Å². The summed E-state index contributed by atoms with van der Waals surface area (Å²) in [6.45, 7) is 6.40. The van der Waals surface area contributed by atoms with Crippen LogP contribution in [0.1, 0.15) is 26.5 Å². The summed E-state index contributed by atoms with van der Waals surface area (Å²) in [5.41, 5.74) is 1.08. The van der Waals surface area contributed by atoms with E-state index in [2.05, 4.69) is 36.0 Å². The number of pyridine rings is 1. The summed E-state index contributed by atoms with van der Waals surface area (Å²) in [6.07, 6.45) is 3.29. The van der Waals surface area contributed by atoms with Gasteiger partial charge >= 0.3 is 0 Å². The Morgan fingerprint density at radius 3 is 2.33 bits per heavy atom. The van der Waals surface area contributed by atoms with E-state index in [1.165, 1.54) is 4.80 Å². The first-order chi connectivity index (χ1) is 7.07. The Morgan fingerprint density at radius 2 is 1.73 bits per heavy atom. The van der Waals surface area contributed by atoms with Gasteiger partial charge in [0, 0.05) is 11.1 Å². The van der Waals surface area contributed by atoms with Crippen molar-refractivity contribution in [1.29, 1.82) is 0 Å². The van der Waals surface area contributed by atoms with Gasteiger partial charge in [0.25, 0.3) is 0 Å². The van der Waals surface area contributed by atoms with Gasteiger partial charge in [0.2, 0.25) is 0 Å². The van der Waals surface area contributed by atoms with Crippen molar-refractivity contribution in [1.82, 2.24) is 20.0 Å². The van der Waals surface area contributed by atoms with Crippen molar-refractivity contribution in [3.05, 3.63) is 36.3 Å². The van der Waals surface area contributed by atoms with E-state index < -0.39 is 0 Å². The maximum Gasteiger partial charge on any atom is 0.174 e. The molecule has 2 aromatic rings. The molecule has 0 bridgehead atoms. The van der Waals surface area contributed by atoms with Crippen molar-refractivity contribution >= 4 is 0 Å². The summed E-state index contributed by atoms with van der Waals surface area (Å²) in [4.78, 5) is 6.05. The summed E-state index contributed by atoms with van der Waals surface area (Å²) < 4.78 is 0. The highest BCUT2D eigenvalue weighted by Gasteiger charge is 2.15. The second kappa shape index (κ2) is 3.46. The number of nitrogens with zero attached hydrogens (tertiary/aromatic N) is 4. The second-order valence-electron chi connectivity index (χ2n) is 4.45. The van der Waals surface area contributed by atoms with Gasteiger partial charge in [0.05, 0.1) is 12.4 Å². The quantitative estimate of drug-likeness (QED) is 0.710. The molecule has 2 aromatic heterocycles. The lowest BCUT2D eigenvalue weighted by atomic mass is 9.92. The highest BCUT2D eigenvalue weighted by molar-refractivity contribution is 5.25. The number of hydrogen-bond donors (Lipinski definition) is 0. The highest BCUT2D eigenvalue weighted by atomic mass is 15.5. The molecule has 0 N–H and O–H groups in total. The lowest BCUT2D eigenvalue weighted by Gasteiger charge is -2.17. The van der Waals surface area contributed by atoms with Gasteiger partial charge in [-0.05, 0) is 12.1 Å². The molecule has 2 rings (SSSR count). The Labute approximate surface area is 89.0 Å². The molecule has 0 radical (unpaired) electrons. The predicted molar refractivity (Wildman–Crippen MR) is 57.9 cm³/mol. The van der Waals surface area contributed by atoms with Crippen LogP contribution in [0, 0.1) is 0 Å². The van der Waals surface area contributed by atoms with Crippen LogP contribution in [0.2, 0.25) is 0 Å². The summed E-state index contributed by atoms with van der Waals surface area (Å²) in [5, 5.41) is 8.11. The molecule has 4 heteroatoms. The zero-order valence-corrected chi connectivity index (χ0v) is 9.18. The fourth-order valence-electron chi connectivity index (χ4n) is 1.29. The lowest BCUT2D eigenvalue weighted by Crippen LogP contribution is -2.15. The predicted octanol–water partition coefficient (Wildman–Crippen LogP) is 1.96. The molecule has 0 atom stereocenters. The minimum absolute atomic E-state index is 0.0448. The van der Waals surface area contributed by atoms with Crippen molar-refractivity contribution in [2.24, 2.45) is 0 Å². The minimum atomic E-state index is 0.0448. The molecule has 0 fully saturated rings. The van der Waals surface area contributed by atoms with Gasteiger partial charge in [-0.3, -0.25) is 0 Å². The zero-order chi connectivity index (χ0) is 10.9. The Bertz CT molecular complexity index is 440. The molecule has 0 spiro atoms. The fourth-order valence-corrected chi connectivity index (χ4v) is 1.29. The molecule has 0 aliphatic carbocycles. The molecule has 0 aromatic carbocycles. The van der Waals surface area contributed by atoms with E-state index in [-0.39, 0.29) is 5.41 Å². The molecule has 0 unspecified atom stereocenters. The molecule has 0 amide bonds. The first-order valence-electron chi connectivity index (χ1n) is 4.91. The Balaban J connectivity index is 2.44. The molecule has 78 valence electrons. The topological polar surface area (TPSA) is 43.6 Å². The highest BCUT2D eigenvalue weighted by Crippen LogP contribution is 2.20. The summed E-state index contributed by atoms with van der Waals surface area (Å²) in [6, 6.07) is 5.90. The monoisotopic (exact) mass is 202 g/mol. The normalized spacial score (nSPS) is 11.7. The van der Waals surface area contributed by atoms with E-state index in [0.717, 1.165) is 11.5 Å². The standard InChI is InChI=1S/C11H14N4/c1-11(2,3)9-5-4-6-10(14-9)15-12-7-8-13-15/h4-8H,1-3H3. The van der Waals surface area contributed by atoms with E-state index in [9.17, 15) is 0 Å². The fraction of sp³-hybridized carbons (Fsp3) is 0.364. The average Bonchev–Trinajstić information content (AvgIpc) is 2.69. The maximum atomic E-state index is 4.52. The lowest BCUT2D eigenvalue weighted by molar-refractivity contribution is 0.563. The maximum absolute atomic E-state index is 4.52. The number of aromatic nitrogens is 4. The first kappa shape index (κ1) is 9.83. The average molecular weight is 202 g/mol. The molecule has 15 heavy (non-hydrogen) atoms. The molecule has 2 heterocycles. The van der Waals surface area contributed by atoms with E-state index in [4.69, 9.17) is 0 Å². The number of rotatable bonds is 1. The molecule has 0 saturated heterocycles. The molecule has 0 saturated carbocycles. The van der Waals surface area contributed by atoms with E-state index >= 15 is 0 Å². The van der Waals surface area contributed by atoms with Crippen molar-refractivity contribution < 1.29 is 0 Å². The SMILES string of the molecule is CC(C)(C)c1cccc(-n2nccn2)n1. The largest absolute Gasteiger partial charge is 0.232 e. The van der Waals surface area contributed by atoms with Crippen LogP contribution in [0.3, 0.4) is 0 Å². The van der Waals surface area contributed by atoms with Crippen molar-refractivity contribution in [2.45, 2.75) is 26.2 Å². The summed E-state index contributed by atoms with van der Waals surface area (Å²) >= 11 is 0.